The van der Waals surface area contributed by atoms with E-state index in [0.29, 0.717) is 17.9 Å². The van der Waals surface area contributed by atoms with E-state index in [1.165, 1.54) is 18.4 Å². The number of β-amino-alcohol motifs (C(OH)–C–C–N with tert-alkyl or cyclic N) is 1. The van der Waals surface area contributed by atoms with Gasteiger partial charge in [0.05, 0.1) is 6.10 Å². The van der Waals surface area contributed by atoms with Gasteiger partial charge in [0.1, 0.15) is 0 Å². The SMILES string of the molecule is CC(C)(C)C1CCN(CC(O)c2ccc3c(c2)CCCN3C(=O)C2CC2)CC1. The van der Waals surface area contributed by atoms with Crippen molar-refractivity contribution in [3.63, 3.8) is 0 Å². The van der Waals surface area contributed by atoms with Gasteiger partial charge in [-0.15, -0.1) is 0 Å². The summed E-state index contributed by atoms with van der Waals surface area (Å²) in [6, 6.07) is 6.25. The minimum absolute atomic E-state index is 0.257. The molecule has 4 heteroatoms. The van der Waals surface area contributed by atoms with Crippen molar-refractivity contribution in [2.24, 2.45) is 17.3 Å². The van der Waals surface area contributed by atoms with Gasteiger partial charge in [0.25, 0.3) is 0 Å². The summed E-state index contributed by atoms with van der Waals surface area (Å²) in [4.78, 5) is 17.0. The van der Waals surface area contributed by atoms with E-state index >= 15 is 0 Å². The number of aliphatic hydroxyl groups is 1. The van der Waals surface area contributed by atoms with E-state index in [1.807, 2.05) is 11.0 Å². The molecule has 1 N–H and O–H groups in total. The van der Waals surface area contributed by atoms with Crippen LogP contribution in [0.4, 0.5) is 5.69 Å². The van der Waals surface area contributed by atoms with E-state index in [-0.39, 0.29) is 5.92 Å². The number of carbonyl (C=O) groups excluding carboxylic acids is 1. The molecular formula is C24H36N2O2. The van der Waals surface area contributed by atoms with Gasteiger partial charge in [-0.3, -0.25) is 4.79 Å². The molecule has 4 nitrogen and oxygen atoms in total. The lowest BCUT2D eigenvalue weighted by molar-refractivity contribution is -0.119. The summed E-state index contributed by atoms with van der Waals surface area (Å²) in [7, 11) is 0. The third-order valence-electron chi connectivity index (χ3n) is 7.04. The number of hydrogen-bond donors (Lipinski definition) is 1. The van der Waals surface area contributed by atoms with Gasteiger partial charge in [0, 0.05) is 24.7 Å². The molecule has 4 rings (SSSR count). The van der Waals surface area contributed by atoms with E-state index in [0.717, 1.165) is 62.5 Å². The van der Waals surface area contributed by atoms with Gasteiger partial charge in [0.2, 0.25) is 5.91 Å². The zero-order valence-electron chi connectivity index (χ0n) is 17.8. The Morgan fingerprint density at radius 2 is 1.86 bits per heavy atom. The van der Waals surface area contributed by atoms with E-state index in [9.17, 15) is 9.90 Å². The number of nitrogens with zero attached hydrogens (tertiary/aromatic N) is 2. The molecule has 1 aliphatic carbocycles. The first-order chi connectivity index (χ1) is 13.3. The van der Waals surface area contributed by atoms with Gasteiger partial charge in [0.15, 0.2) is 0 Å². The molecule has 28 heavy (non-hydrogen) atoms. The molecule has 0 spiro atoms. The van der Waals surface area contributed by atoms with Crippen molar-refractivity contribution in [2.75, 3.05) is 31.1 Å². The topological polar surface area (TPSA) is 43.8 Å². The smallest absolute Gasteiger partial charge is 0.230 e. The number of anilines is 1. The number of carbonyl (C=O) groups is 1. The molecular weight excluding hydrogens is 348 g/mol. The molecule has 0 aromatic heterocycles. The first-order valence-corrected chi connectivity index (χ1v) is 11.2. The molecule has 2 fully saturated rings. The largest absolute Gasteiger partial charge is 0.387 e. The van der Waals surface area contributed by atoms with Gasteiger partial charge in [-0.1, -0.05) is 32.9 Å². The van der Waals surface area contributed by atoms with Crippen LogP contribution in [-0.2, 0) is 11.2 Å². The molecule has 1 aromatic carbocycles. The number of benzene rings is 1. The Labute approximate surface area is 169 Å². The number of amides is 1. The quantitative estimate of drug-likeness (QED) is 0.847. The Hall–Kier alpha value is -1.39. The molecule has 0 radical (unpaired) electrons. The highest BCUT2D eigenvalue weighted by Crippen LogP contribution is 2.37. The summed E-state index contributed by atoms with van der Waals surface area (Å²) in [5.74, 6) is 1.34. The fraction of sp³-hybridized carbons (Fsp3) is 0.708. The van der Waals surface area contributed by atoms with Gasteiger partial charge in [-0.05, 0) is 80.1 Å². The Morgan fingerprint density at radius 3 is 2.50 bits per heavy atom. The summed E-state index contributed by atoms with van der Waals surface area (Å²) in [6.45, 7) is 10.7. The number of aryl methyl sites for hydroxylation is 1. The van der Waals surface area contributed by atoms with Crippen molar-refractivity contribution >= 4 is 11.6 Å². The maximum atomic E-state index is 12.6. The number of hydrogen-bond acceptors (Lipinski definition) is 3. The van der Waals surface area contributed by atoms with Crippen molar-refractivity contribution in [3.8, 4) is 0 Å². The third-order valence-corrected chi connectivity index (χ3v) is 7.04. The van der Waals surface area contributed by atoms with E-state index in [1.54, 1.807) is 0 Å². The maximum Gasteiger partial charge on any atom is 0.230 e. The Balaban J connectivity index is 1.39. The van der Waals surface area contributed by atoms with Crippen LogP contribution in [0.1, 0.15) is 70.1 Å². The van der Waals surface area contributed by atoms with Crippen LogP contribution in [0.2, 0.25) is 0 Å². The van der Waals surface area contributed by atoms with Crippen molar-refractivity contribution in [2.45, 2.75) is 65.4 Å². The number of likely N-dealkylation sites (tertiary alicyclic amines) is 1. The molecule has 1 unspecified atom stereocenters. The van der Waals surface area contributed by atoms with Gasteiger partial charge >= 0.3 is 0 Å². The summed E-state index contributed by atoms with van der Waals surface area (Å²) in [5, 5.41) is 10.9. The van der Waals surface area contributed by atoms with Crippen LogP contribution >= 0.6 is 0 Å². The minimum atomic E-state index is -0.453. The zero-order chi connectivity index (χ0) is 19.9. The van der Waals surface area contributed by atoms with Crippen molar-refractivity contribution in [1.82, 2.24) is 4.90 Å². The summed E-state index contributed by atoms with van der Waals surface area (Å²) in [6.07, 6.45) is 6.11. The normalized spacial score (nSPS) is 22.8. The highest BCUT2D eigenvalue weighted by molar-refractivity contribution is 5.97. The fourth-order valence-corrected chi connectivity index (χ4v) is 4.94. The first-order valence-electron chi connectivity index (χ1n) is 11.2. The van der Waals surface area contributed by atoms with Crippen LogP contribution in [0.5, 0.6) is 0 Å². The second kappa shape index (κ2) is 7.79. The second-order valence-electron chi connectivity index (χ2n) is 10.2. The summed E-state index contributed by atoms with van der Waals surface area (Å²) >= 11 is 0. The lowest BCUT2D eigenvalue weighted by Crippen LogP contribution is -2.40. The predicted molar refractivity (Wildman–Crippen MR) is 113 cm³/mol. The van der Waals surface area contributed by atoms with Crippen LogP contribution in [0.15, 0.2) is 18.2 Å². The maximum absolute atomic E-state index is 12.6. The van der Waals surface area contributed by atoms with E-state index < -0.39 is 6.10 Å². The van der Waals surface area contributed by atoms with Gasteiger partial charge < -0.3 is 14.9 Å². The highest BCUT2D eigenvalue weighted by atomic mass is 16.3. The standard InChI is InChI=1S/C24H36N2O2/c1-24(2,3)20-10-13-25(14-11-20)16-22(27)19-8-9-21-18(15-19)5-4-12-26(21)23(28)17-6-7-17/h8-9,15,17,20,22,27H,4-7,10-14,16H2,1-3H3. The van der Waals surface area contributed by atoms with Crippen molar-refractivity contribution in [1.29, 1.82) is 0 Å². The number of fused-ring (bicyclic) bond motifs is 1. The Bertz CT molecular complexity index is 712. The van der Waals surface area contributed by atoms with Crippen LogP contribution in [-0.4, -0.2) is 42.1 Å². The molecule has 3 aliphatic rings. The van der Waals surface area contributed by atoms with E-state index in [4.69, 9.17) is 0 Å². The fourth-order valence-electron chi connectivity index (χ4n) is 4.94. The van der Waals surface area contributed by atoms with Crippen LogP contribution in [0, 0.1) is 17.3 Å². The number of aliphatic hydroxyl groups excluding tert-OH is 1. The molecule has 2 aliphatic heterocycles. The van der Waals surface area contributed by atoms with Crippen molar-refractivity contribution < 1.29 is 9.90 Å². The molecule has 2 heterocycles. The lowest BCUT2D eigenvalue weighted by Gasteiger charge is -2.39. The Kier molecular flexibility index (Phi) is 5.54. The van der Waals surface area contributed by atoms with E-state index in [2.05, 4.69) is 37.8 Å². The van der Waals surface area contributed by atoms with Crippen LogP contribution in [0.3, 0.4) is 0 Å². The number of piperidine rings is 1. The third kappa shape index (κ3) is 4.28. The average molecular weight is 385 g/mol. The minimum Gasteiger partial charge on any atom is -0.387 e. The van der Waals surface area contributed by atoms with Crippen molar-refractivity contribution in [3.05, 3.63) is 29.3 Å². The van der Waals surface area contributed by atoms with Gasteiger partial charge in [-0.2, -0.15) is 0 Å². The number of rotatable bonds is 4. The first kappa shape index (κ1) is 19.9. The second-order valence-corrected chi connectivity index (χ2v) is 10.2. The summed E-state index contributed by atoms with van der Waals surface area (Å²) in [5.41, 5.74) is 3.68. The monoisotopic (exact) mass is 384 g/mol. The molecule has 1 atom stereocenters. The predicted octanol–water partition coefficient (Wildman–Crippen LogP) is 4.17. The van der Waals surface area contributed by atoms with Gasteiger partial charge in [-0.25, -0.2) is 0 Å². The average Bonchev–Trinajstić information content (AvgIpc) is 3.51. The molecule has 1 amide bonds. The lowest BCUT2D eigenvalue weighted by atomic mass is 9.75. The zero-order valence-corrected chi connectivity index (χ0v) is 17.8. The summed E-state index contributed by atoms with van der Waals surface area (Å²) < 4.78 is 0. The molecule has 154 valence electrons. The molecule has 1 aromatic rings. The van der Waals surface area contributed by atoms with Crippen LogP contribution in [0.25, 0.3) is 0 Å². The molecule has 0 bridgehead atoms. The Morgan fingerprint density at radius 1 is 1.14 bits per heavy atom. The van der Waals surface area contributed by atoms with Crippen LogP contribution < -0.4 is 4.90 Å². The molecule has 1 saturated heterocycles. The molecule has 1 saturated carbocycles. The highest BCUT2D eigenvalue weighted by Gasteiger charge is 2.36.